The third-order valence-electron chi connectivity index (χ3n) is 4.15. The van der Waals surface area contributed by atoms with Crippen molar-refractivity contribution in [3.63, 3.8) is 0 Å². The van der Waals surface area contributed by atoms with Gasteiger partial charge >= 0.3 is 0 Å². The molecule has 0 saturated carbocycles. The van der Waals surface area contributed by atoms with Crippen molar-refractivity contribution in [3.05, 3.63) is 46.3 Å². The van der Waals surface area contributed by atoms with Gasteiger partial charge in [0.25, 0.3) is 0 Å². The Morgan fingerprint density at radius 3 is 2.79 bits per heavy atom. The smallest absolute Gasteiger partial charge is 0.191 e. The maximum Gasteiger partial charge on any atom is 0.191 e. The molecule has 1 aliphatic heterocycles. The van der Waals surface area contributed by atoms with E-state index in [0.29, 0.717) is 5.82 Å². The highest BCUT2D eigenvalue weighted by Gasteiger charge is 2.30. The molecule has 3 heterocycles. The zero-order valence-corrected chi connectivity index (χ0v) is 16.2. The lowest BCUT2D eigenvalue weighted by Gasteiger charge is -2.28. The Morgan fingerprint density at radius 2 is 2.00 bits per heavy atom. The Kier molecular flexibility index (Phi) is 4.22. The van der Waals surface area contributed by atoms with Gasteiger partial charge < -0.3 is 5.73 Å². The summed E-state index contributed by atoms with van der Waals surface area (Å²) < 4.78 is 0.258. The van der Waals surface area contributed by atoms with Crippen LogP contribution in [0.5, 0.6) is 0 Å². The summed E-state index contributed by atoms with van der Waals surface area (Å²) in [6, 6.07) is 10.4. The van der Waals surface area contributed by atoms with Gasteiger partial charge in [-0.3, -0.25) is 0 Å². The van der Waals surface area contributed by atoms with E-state index >= 15 is 0 Å². The zero-order chi connectivity index (χ0) is 16.7. The number of anilines is 1. The Bertz CT molecular complexity index is 887. The minimum atomic E-state index is 0.258. The lowest BCUT2D eigenvalue weighted by atomic mass is 9.99. The molecule has 0 aliphatic carbocycles. The van der Waals surface area contributed by atoms with Gasteiger partial charge in [-0.15, -0.1) is 23.1 Å². The second-order valence-electron chi connectivity index (χ2n) is 6.57. The van der Waals surface area contributed by atoms with Crippen molar-refractivity contribution in [1.29, 1.82) is 0 Å². The van der Waals surface area contributed by atoms with Crippen LogP contribution in [0.2, 0.25) is 0 Å². The number of thioether (sulfide) groups is 2. The highest BCUT2D eigenvalue weighted by atomic mass is 32.2. The summed E-state index contributed by atoms with van der Waals surface area (Å²) in [5.41, 5.74) is 8.96. The van der Waals surface area contributed by atoms with Crippen molar-refractivity contribution >= 4 is 50.9 Å². The molecule has 6 heteroatoms. The van der Waals surface area contributed by atoms with Crippen molar-refractivity contribution in [2.75, 3.05) is 5.73 Å². The summed E-state index contributed by atoms with van der Waals surface area (Å²) in [5.74, 6) is 2.55. The van der Waals surface area contributed by atoms with Crippen LogP contribution in [0, 0.1) is 0 Å². The number of rotatable bonds is 3. The summed E-state index contributed by atoms with van der Waals surface area (Å²) in [7, 11) is 0. The van der Waals surface area contributed by atoms with Gasteiger partial charge in [0.15, 0.2) is 5.16 Å². The highest BCUT2D eigenvalue weighted by Crippen LogP contribution is 2.46. The van der Waals surface area contributed by atoms with Gasteiger partial charge in [-0.25, -0.2) is 9.97 Å². The summed E-state index contributed by atoms with van der Waals surface area (Å²) >= 11 is 5.44. The standard InChI is InChI=1S/C18H19N3S3/c1-18(2)8-12-13(10-23-18)24-16-14(12)15(19)20-17(21-16)22-9-11-6-4-3-5-7-11/h3-7H,8-10H2,1-2H3,(H2,19,20,21). The van der Waals surface area contributed by atoms with Gasteiger partial charge in [0, 0.05) is 21.1 Å². The zero-order valence-electron chi connectivity index (χ0n) is 13.7. The van der Waals surface area contributed by atoms with Crippen molar-refractivity contribution in [2.45, 2.75) is 41.7 Å². The van der Waals surface area contributed by atoms with Crippen LogP contribution in [0.3, 0.4) is 0 Å². The molecule has 3 nitrogen and oxygen atoms in total. The van der Waals surface area contributed by atoms with Crippen molar-refractivity contribution in [3.8, 4) is 0 Å². The molecule has 2 N–H and O–H groups in total. The Hall–Kier alpha value is -1.24. The Morgan fingerprint density at radius 1 is 1.21 bits per heavy atom. The van der Waals surface area contributed by atoms with Crippen LogP contribution < -0.4 is 5.73 Å². The van der Waals surface area contributed by atoms with Crippen molar-refractivity contribution < 1.29 is 0 Å². The van der Waals surface area contributed by atoms with E-state index in [4.69, 9.17) is 10.7 Å². The van der Waals surface area contributed by atoms with E-state index in [1.54, 1.807) is 23.1 Å². The van der Waals surface area contributed by atoms with E-state index in [2.05, 4.69) is 43.1 Å². The number of benzene rings is 1. The van der Waals surface area contributed by atoms with E-state index in [-0.39, 0.29) is 4.75 Å². The Labute approximate surface area is 154 Å². The molecule has 0 saturated heterocycles. The number of nitrogens with two attached hydrogens (primary N) is 1. The lowest BCUT2D eigenvalue weighted by Crippen LogP contribution is -2.22. The first-order valence-corrected chi connectivity index (χ1v) is 10.7. The molecule has 0 unspecified atom stereocenters. The molecular formula is C18H19N3S3. The van der Waals surface area contributed by atoms with Gasteiger partial charge in [-0.05, 0) is 17.5 Å². The number of nitrogen functional groups attached to an aromatic ring is 1. The molecule has 0 radical (unpaired) electrons. The quantitative estimate of drug-likeness (QED) is 0.509. The number of hydrogen-bond donors (Lipinski definition) is 1. The van der Waals surface area contributed by atoms with Gasteiger partial charge in [-0.1, -0.05) is 55.9 Å². The fraction of sp³-hybridized carbons (Fsp3) is 0.333. The van der Waals surface area contributed by atoms with Crippen molar-refractivity contribution in [2.24, 2.45) is 0 Å². The summed E-state index contributed by atoms with van der Waals surface area (Å²) in [6.45, 7) is 4.59. The van der Waals surface area contributed by atoms with Crippen molar-refractivity contribution in [1.82, 2.24) is 9.97 Å². The number of fused-ring (bicyclic) bond motifs is 3. The van der Waals surface area contributed by atoms with Gasteiger partial charge in [0.2, 0.25) is 0 Å². The summed E-state index contributed by atoms with van der Waals surface area (Å²) in [4.78, 5) is 11.8. The summed E-state index contributed by atoms with van der Waals surface area (Å²) in [6.07, 6.45) is 1.04. The average Bonchev–Trinajstić information content (AvgIpc) is 2.91. The van der Waals surface area contributed by atoms with E-state index < -0.39 is 0 Å². The minimum Gasteiger partial charge on any atom is -0.383 e. The number of nitrogens with zero attached hydrogens (tertiary/aromatic N) is 2. The van der Waals surface area contributed by atoms with Crippen LogP contribution in [0.25, 0.3) is 10.2 Å². The first-order valence-electron chi connectivity index (χ1n) is 7.90. The molecule has 24 heavy (non-hydrogen) atoms. The lowest BCUT2D eigenvalue weighted by molar-refractivity contribution is 0.700. The third kappa shape index (κ3) is 3.15. The largest absolute Gasteiger partial charge is 0.383 e. The maximum atomic E-state index is 6.32. The molecular weight excluding hydrogens is 354 g/mol. The highest BCUT2D eigenvalue weighted by molar-refractivity contribution is 8.00. The van der Waals surface area contributed by atoms with Crippen LogP contribution in [0.4, 0.5) is 5.82 Å². The number of aromatic nitrogens is 2. The summed E-state index contributed by atoms with van der Waals surface area (Å²) in [5, 5.41) is 1.86. The van der Waals surface area contributed by atoms with E-state index in [0.717, 1.165) is 33.3 Å². The first kappa shape index (κ1) is 16.2. The molecule has 0 atom stereocenters. The first-order chi connectivity index (χ1) is 11.5. The molecule has 4 rings (SSSR count). The normalized spacial score (nSPS) is 16.2. The van der Waals surface area contributed by atoms with Gasteiger partial charge in [0.05, 0.1) is 5.39 Å². The van der Waals surface area contributed by atoms with Crippen LogP contribution in [-0.4, -0.2) is 14.7 Å². The maximum absolute atomic E-state index is 6.32. The topological polar surface area (TPSA) is 51.8 Å². The molecule has 3 aromatic rings. The molecule has 0 spiro atoms. The number of hydrogen-bond acceptors (Lipinski definition) is 6. The second kappa shape index (κ2) is 6.24. The van der Waals surface area contributed by atoms with E-state index in [1.807, 2.05) is 17.8 Å². The predicted octanol–water partition coefficient (Wildman–Crippen LogP) is 5.13. The minimum absolute atomic E-state index is 0.258. The van der Waals surface area contributed by atoms with E-state index in [9.17, 15) is 0 Å². The Balaban J connectivity index is 1.66. The molecule has 0 bridgehead atoms. The van der Waals surface area contributed by atoms with Crippen LogP contribution >= 0.6 is 34.9 Å². The van der Waals surface area contributed by atoms with Crippen LogP contribution in [0.15, 0.2) is 35.5 Å². The third-order valence-corrected chi connectivity index (χ3v) is 7.73. The van der Waals surface area contributed by atoms with Gasteiger partial charge in [0.1, 0.15) is 10.6 Å². The SMILES string of the molecule is CC1(C)Cc2c(sc3nc(SCc4ccccc4)nc(N)c23)CS1. The monoisotopic (exact) mass is 373 g/mol. The van der Waals surface area contributed by atoms with Crippen LogP contribution in [-0.2, 0) is 17.9 Å². The van der Waals surface area contributed by atoms with Gasteiger partial charge in [-0.2, -0.15) is 0 Å². The fourth-order valence-electron chi connectivity index (χ4n) is 2.94. The molecule has 124 valence electrons. The van der Waals surface area contributed by atoms with Crippen LogP contribution in [0.1, 0.15) is 29.9 Å². The molecule has 2 aromatic heterocycles. The second-order valence-corrected chi connectivity index (χ2v) is 10.3. The fourth-order valence-corrected chi connectivity index (χ4v) is 6.15. The predicted molar refractivity (Wildman–Crippen MR) is 107 cm³/mol. The molecule has 1 aliphatic rings. The average molecular weight is 374 g/mol. The number of thiophene rings is 1. The molecule has 0 amide bonds. The molecule has 0 fully saturated rings. The van der Waals surface area contributed by atoms with E-state index in [1.165, 1.54) is 16.0 Å². The molecule has 1 aromatic carbocycles.